The molecule has 0 aliphatic heterocycles. The van der Waals surface area contributed by atoms with Crippen LogP contribution in [0.4, 0.5) is 4.56 Å². The summed E-state index contributed by atoms with van der Waals surface area (Å²) < 4.78 is 2.45. The molecule has 2 N–H and O–H groups in total. The van der Waals surface area contributed by atoms with E-state index in [1.54, 1.807) is 0 Å². The van der Waals surface area contributed by atoms with Gasteiger partial charge in [0, 0.05) is 0 Å². The summed E-state index contributed by atoms with van der Waals surface area (Å²) in [7, 11) is 0. The van der Waals surface area contributed by atoms with Crippen molar-refractivity contribution in [1.82, 2.24) is 0 Å². The third kappa shape index (κ3) is 1.59. The van der Waals surface area contributed by atoms with Crippen LogP contribution in [-0.4, -0.2) is 14.5 Å². The molecule has 1 heterocycles. The van der Waals surface area contributed by atoms with Gasteiger partial charge in [0.2, 0.25) is 0 Å². The Morgan fingerprint density at radius 3 is 2.64 bits per heavy atom. The summed E-state index contributed by atoms with van der Waals surface area (Å²) in [6, 6.07) is 10.4. The van der Waals surface area contributed by atoms with Crippen molar-refractivity contribution in [2.24, 2.45) is 0 Å². The normalized spacial score (nSPS) is 9.45. The van der Waals surface area contributed by atoms with Gasteiger partial charge in [-0.05, 0) is 0 Å². The molecule has 0 aliphatic carbocycles. The van der Waals surface area contributed by atoms with E-state index in [4.69, 9.17) is 5.73 Å². The fraction of sp³-hybridized carbons (Fsp3) is 0. The van der Waals surface area contributed by atoms with Crippen LogP contribution in [0.1, 0.15) is 0 Å². The second kappa shape index (κ2) is 3.31. The molecule has 1 nitrogen and oxygen atoms in total. The first kappa shape index (κ1) is 8.66. The first-order chi connectivity index (χ1) is 4.86. The Morgan fingerprint density at radius 2 is 1.91 bits per heavy atom. The zero-order valence-electron chi connectivity index (χ0n) is 5.78. The van der Waals surface area contributed by atoms with Gasteiger partial charge < -0.3 is 0 Å². The molecule has 2 aromatic rings. The monoisotopic (exact) mass is 233 g/mol. The summed E-state index contributed by atoms with van der Waals surface area (Å²) >= 11 is 0.399. The average Bonchev–Trinajstić information content (AvgIpc) is 2.27. The molecule has 1 aromatic carbocycles. The summed E-state index contributed by atoms with van der Waals surface area (Å²) in [6.07, 6.45) is 0. The van der Waals surface area contributed by atoms with E-state index in [1.165, 1.54) is 9.65 Å². The van der Waals surface area contributed by atoms with E-state index in [-0.39, 0.29) is 12.4 Å². The first-order valence-corrected chi connectivity index (χ1v) is 4.81. The fourth-order valence-electron chi connectivity index (χ4n) is 1.00. The van der Waals surface area contributed by atoms with Crippen molar-refractivity contribution in [3.63, 3.8) is 0 Å². The zero-order chi connectivity index (χ0) is 6.97. The number of benzene rings is 1. The molecular formula is C8H8ClNSe. The van der Waals surface area contributed by atoms with Crippen molar-refractivity contribution in [3.8, 4) is 0 Å². The number of halogens is 1. The van der Waals surface area contributed by atoms with Crippen LogP contribution >= 0.6 is 12.4 Å². The summed E-state index contributed by atoms with van der Waals surface area (Å²) in [5.41, 5.74) is 5.67. The number of rotatable bonds is 0. The topological polar surface area (TPSA) is 26.0 Å². The molecule has 0 unspecified atom stereocenters. The predicted octanol–water partition coefficient (Wildman–Crippen LogP) is 1.90. The minimum absolute atomic E-state index is 0. The number of nitrogens with two attached hydrogens (primary N) is 1. The molecule has 3 heteroatoms. The van der Waals surface area contributed by atoms with Crippen LogP contribution < -0.4 is 5.73 Å². The SMILES string of the molecule is Cl.Nc1cc2ccccc2[se]1. The molecule has 58 valence electrons. The predicted molar refractivity (Wildman–Crippen MR) is 52.5 cm³/mol. The van der Waals surface area contributed by atoms with Gasteiger partial charge in [-0.25, -0.2) is 0 Å². The minimum atomic E-state index is 0. The molecule has 0 fully saturated rings. The summed E-state index contributed by atoms with van der Waals surface area (Å²) in [6.45, 7) is 0. The van der Waals surface area contributed by atoms with E-state index in [0.717, 1.165) is 4.56 Å². The van der Waals surface area contributed by atoms with Gasteiger partial charge in [0.05, 0.1) is 0 Å². The Balaban J connectivity index is 0.000000605. The van der Waals surface area contributed by atoms with Crippen molar-refractivity contribution in [3.05, 3.63) is 30.3 Å². The number of fused-ring (bicyclic) bond motifs is 1. The zero-order valence-corrected chi connectivity index (χ0v) is 8.31. The molecule has 0 spiro atoms. The Kier molecular flexibility index (Phi) is 2.61. The van der Waals surface area contributed by atoms with Crippen LogP contribution in [0.3, 0.4) is 0 Å². The molecule has 0 bridgehead atoms. The Labute approximate surface area is 77.4 Å². The number of hydrogen-bond acceptors (Lipinski definition) is 1. The molecule has 0 radical (unpaired) electrons. The molecule has 1 aromatic heterocycles. The maximum absolute atomic E-state index is 5.67. The van der Waals surface area contributed by atoms with Crippen molar-refractivity contribution >= 4 is 41.1 Å². The molecule has 11 heavy (non-hydrogen) atoms. The van der Waals surface area contributed by atoms with Gasteiger partial charge in [-0.1, -0.05) is 0 Å². The van der Waals surface area contributed by atoms with Crippen LogP contribution in [0.5, 0.6) is 0 Å². The maximum atomic E-state index is 5.67. The van der Waals surface area contributed by atoms with Gasteiger partial charge in [0.15, 0.2) is 0 Å². The van der Waals surface area contributed by atoms with E-state index < -0.39 is 0 Å². The van der Waals surface area contributed by atoms with E-state index >= 15 is 0 Å². The van der Waals surface area contributed by atoms with Crippen molar-refractivity contribution < 1.29 is 0 Å². The van der Waals surface area contributed by atoms with Gasteiger partial charge in [-0.15, -0.1) is 12.4 Å². The summed E-state index contributed by atoms with van der Waals surface area (Å²) in [5.74, 6) is 0. The van der Waals surface area contributed by atoms with Crippen LogP contribution in [0.15, 0.2) is 30.3 Å². The number of anilines is 1. The summed E-state index contributed by atoms with van der Waals surface area (Å²) in [4.78, 5) is 0. The van der Waals surface area contributed by atoms with Gasteiger partial charge in [0.1, 0.15) is 0 Å². The number of hydrogen-bond donors (Lipinski definition) is 1. The Bertz CT molecular complexity index is 323. The Morgan fingerprint density at radius 1 is 1.18 bits per heavy atom. The van der Waals surface area contributed by atoms with Gasteiger partial charge in [-0.3, -0.25) is 0 Å². The number of nitrogen functional groups attached to an aromatic ring is 1. The quantitative estimate of drug-likeness (QED) is 0.690. The average molecular weight is 233 g/mol. The van der Waals surface area contributed by atoms with Crippen LogP contribution in [-0.2, 0) is 0 Å². The second-order valence-corrected chi connectivity index (χ2v) is 4.53. The van der Waals surface area contributed by atoms with Gasteiger partial charge in [0.25, 0.3) is 0 Å². The second-order valence-electron chi connectivity index (χ2n) is 2.19. The molecular weight excluding hydrogens is 225 g/mol. The fourth-order valence-corrected chi connectivity index (χ4v) is 2.75. The summed E-state index contributed by atoms with van der Waals surface area (Å²) in [5, 5.41) is 1.31. The third-order valence-corrected chi connectivity index (χ3v) is 3.43. The van der Waals surface area contributed by atoms with Crippen molar-refractivity contribution in [2.75, 3.05) is 5.73 Å². The third-order valence-electron chi connectivity index (χ3n) is 1.44. The molecule has 0 aliphatic rings. The van der Waals surface area contributed by atoms with E-state index in [1.807, 2.05) is 6.07 Å². The first-order valence-electron chi connectivity index (χ1n) is 3.10. The Hall–Kier alpha value is -0.431. The van der Waals surface area contributed by atoms with Crippen molar-refractivity contribution in [1.29, 1.82) is 0 Å². The van der Waals surface area contributed by atoms with Gasteiger partial charge >= 0.3 is 64.8 Å². The standard InChI is InChI=1S/C8H7NSe.ClH/c9-8-5-6-3-1-2-4-7(6)10-8;/h1-5H,9H2;1H. The van der Waals surface area contributed by atoms with Crippen LogP contribution in [0.25, 0.3) is 9.65 Å². The van der Waals surface area contributed by atoms with Gasteiger partial charge in [-0.2, -0.15) is 0 Å². The van der Waals surface area contributed by atoms with Crippen LogP contribution in [0.2, 0.25) is 0 Å². The molecule has 0 atom stereocenters. The molecule has 0 saturated carbocycles. The van der Waals surface area contributed by atoms with Crippen molar-refractivity contribution in [2.45, 2.75) is 0 Å². The van der Waals surface area contributed by atoms with E-state index in [0.29, 0.717) is 14.5 Å². The van der Waals surface area contributed by atoms with E-state index in [9.17, 15) is 0 Å². The van der Waals surface area contributed by atoms with Crippen LogP contribution in [0, 0.1) is 0 Å². The molecule has 0 saturated heterocycles. The molecule has 0 amide bonds. The van der Waals surface area contributed by atoms with E-state index in [2.05, 4.69) is 24.3 Å². The molecule has 2 rings (SSSR count).